The van der Waals surface area contributed by atoms with Gasteiger partial charge in [0, 0.05) is 11.1 Å². The van der Waals surface area contributed by atoms with Gasteiger partial charge in [-0.05, 0) is 41.3 Å². The number of hydrazone groups is 1. The number of ether oxygens (including phenoxy) is 1. The van der Waals surface area contributed by atoms with Crippen LogP contribution in [0.4, 0.5) is 5.69 Å². The largest absolute Gasteiger partial charge is 0.497 e. The fraction of sp³-hybridized carbons (Fsp3) is 0.0500. The summed E-state index contributed by atoms with van der Waals surface area (Å²) in [4.78, 5) is 24.0. The molecule has 0 aliphatic carbocycles. The molecule has 3 aromatic rings. The third kappa shape index (κ3) is 4.05. The average Bonchev–Trinajstić information content (AvgIpc) is 2.68. The standard InChI is InChI=1S/C20H17N3O3/c1-26-16-11-9-14(10-12-16)13-21-23-20(25)19(24)22-18-8-4-6-15-5-2-3-7-17(15)18/h2-13H,1H3,(H,22,24)(H,23,25)/b21-13+. The lowest BCUT2D eigenvalue weighted by atomic mass is 10.1. The van der Waals surface area contributed by atoms with E-state index < -0.39 is 11.8 Å². The number of hydrogen-bond donors (Lipinski definition) is 2. The number of amides is 2. The fourth-order valence-electron chi connectivity index (χ4n) is 2.42. The van der Waals surface area contributed by atoms with Crippen molar-refractivity contribution in [2.45, 2.75) is 0 Å². The Morgan fingerprint density at radius 3 is 2.42 bits per heavy atom. The number of rotatable bonds is 4. The first-order valence-electron chi connectivity index (χ1n) is 7.93. The Morgan fingerprint density at radius 2 is 1.65 bits per heavy atom. The number of anilines is 1. The lowest BCUT2D eigenvalue weighted by molar-refractivity contribution is -0.136. The Bertz CT molecular complexity index is 960. The maximum atomic E-state index is 12.1. The maximum Gasteiger partial charge on any atom is 0.329 e. The molecule has 3 rings (SSSR count). The SMILES string of the molecule is COc1ccc(/C=N/NC(=O)C(=O)Nc2cccc3ccccc23)cc1. The Balaban J connectivity index is 1.62. The zero-order valence-corrected chi connectivity index (χ0v) is 14.1. The van der Waals surface area contributed by atoms with Gasteiger partial charge in [0.15, 0.2) is 0 Å². The van der Waals surface area contributed by atoms with E-state index in [4.69, 9.17) is 4.74 Å². The first-order valence-corrected chi connectivity index (χ1v) is 7.93. The number of carbonyl (C=O) groups is 2. The van der Waals surface area contributed by atoms with Crippen molar-refractivity contribution >= 4 is 34.5 Å². The van der Waals surface area contributed by atoms with E-state index in [0.29, 0.717) is 5.69 Å². The lowest BCUT2D eigenvalue weighted by Gasteiger charge is -2.07. The van der Waals surface area contributed by atoms with Crippen LogP contribution in [0.25, 0.3) is 10.8 Å². The van der Waals surface area contributed by atoms with Crippen LogP contribution in [0, 0.1) is 0 Å². The molecular weight excluding hydrogens is 330 g/mol. The number of fused-ring (bicyclic) bond motifs is 1. The lowest BCUT2D eigenvalue weighted by Crippen LogP contribution is -2.32. The molecular formula is C20H17N3O3. The minimum absolute atomic E-state index is 0.572. The van der Waals surface area contributed by atoms with Gasteiger partial charge in [-0.3, -0.25) is 9.59 Å². The van der Waals surface area contributed by atoms with Crippen molar-refractivity contribution in [1.29, 1.82) is 0 Å². The van der Waals surface area contributed by atoms with Crippen LogP contribution < -0.4 is 15.5 Å². The highest BCUT2D eigenvalue weighted by atomic mass is 16.5. The van der Waals surface area contributed by atoms with Gasteiger partial charge in [-0.15, -0.1) is 0 Å². The van der Waals surface area contributed by atoms with E-state index in [-0.39, 0.29) is 0 Å². The Labute approximate surface area is 150 Å². The molecule has 0 fully saturated rings. The molecule has 0 aromatic heterocycles. The quantitative estimate of drug-likeness (QED) is 0.433. The van der Waals surface area contributed by atoms with Crippen LogP contribution in [0.1, 0.15) is 5.56 Å². The normalized spacial score (nSPS) is 10.7. The number of hydrogen-bond acceptors (Lipinski definition) is 4. The molecule has 0 heterocycles. The van der Waals surface area contributed by atoms with Crippen molar-refractivity contribution in [3.8, 4) is 5.75 Å². The molecule has 0 atom stereocenters. The molecule has 2 amide bonds. The molecule has 0 saturated carbocycles. The highest BCUT2D eigenvalue weighted by molar-refractivity contribution is 6.40. The number of methoxy groups -OCH3 is 1. The van der Waals surface area contributed by atoms with Crippen LogP contribution in [-0.4, -0.2) is 25.1 Å². The van der Waals surface area contributed by atoms with Crippen LogP contribution in [0.2, 0.25) is 0 Å². The van der Waals surface area contributed by atoms with Gasteiger partial charge in [-0.2, -0.15) is 5.10 Å². The predicted octanol–water partition coefficient (Wildman–Crippen LogP) is 2.94. The summed E-state index contributed by atoms with van der Waals surface area (Å²) in [6.07, 6.45) is 1.45. The second-order valence-corrected chi connectivity index (χ2v) is 5.45. The second-order valence-electron chi connectivity index (χ2n) is 5.45. The molecule has 0 radical (unpaired) electrons. The van der Waals surface area contributed by atoms with Crippen molar-refractivity contribution in [3.05, 3.63) is 72.3 Å². The zero-order valence-electron chi connectivity index (χ0n) is 14.1. The minimum atomic E-state index is -0.845. The van der Waals surface area contributed by atoms with E-state index in [0.717, 1.165) is 22.1 Å². The monoisotopic (exact) mass is 347 g/mol. The molecule has 6 nitrogen and oxygen atoms in total. The summed E-state index contributed by atoms with van der Waals surface area (Å²) in [5.74, 6) is -0.906. The predicted molar refractivity (Wildman–Crippen MR) is 101 cm³/mol. The van der Waals surface area contributed by atoms with E-state index in [2.05, 4.69) is 15.8 Å². The summed E-state index contributed by atoms with van der Waals surface area (Å²) in [5.41, 5.74) is 3.55. The van der Waals surface area contributed by atoms with Crippen molar-refractivity contribution in [1.82, 2.24) is 5.43 Å². The maximum absolute atomic E-state index is 12.1. The molecule has 0 unspecified atom stereocenters. The molecule has 26 heavy (non-hydrogen) atoms. The third-order valence-corrected chi connectivity index (χ3v) is 3.74. The third-order valence-electron chi connectivity index (χ3n) is 3.74. The van der Waals surface area contributed by atoms with Gasteiger partial charge >= 0.3 is 11.8 Å². The Morgan fingerprint density at radius 1 is 0.923 bits per heavy atom. The van der Waals surface area contributed by atoms with Crippen LogP contribution >= 0.6 is 0 Å². The summed E-state index contributed by atoms with van der Waals surface area (Å²) in [6.45, 7) is 0. The number of benzene rings is 3. The summed E-state index contributed by atoms with van der Waals surface area (Å²) >= 11 is 0. The van der Waals surface area contributed by atoms with E-state index in [1.807, 2.05) is 36.4 Å². The summed E-state index contributed by atoms with van der Waals surface area (Å²) in [5, 5.41) is 8.24. The molecule has 0 saturated heterocycles. The van der Waals surface area contributed by atoms with Gasteiger partial charge in [0.05, 0.1) is 13.3 Å². The summed E-state index contributed by atoms with van der Waals surface area (Å²) in [7, 11) is 1.58. The molecule has 0 aliphatic rings. The molecule has 130 valence electrons. The number of nitrogens with one attached hydrogen (secondary N) is 2. The van der Waals surface area contributed by atoms with E-state index >= 15 is 0 Å². The average molecular weight is 347 g/mol. The Kier molecular flexibility index (Phi) is 5.24. The van der Waals surface area contributed by atoms with Gasteiger partial charge in [0.25, 0.3) is 0 Å². The van der Waals surface area contributed by atoms with Gasteiger partial charge in [0.2, 0.25) is 0 Å². The van der Waals surface area contributed by atoms with Crippen LogP contribution in [0.15, 0.2) is 71.8 Å². The first kappa shape index (κ1) is 17.2. The van der Waals surface area contributed by atoms with E-state index in [1.54, 1.807) is 37.4 Å². The highest BCUT2D eigenvalue weighted by Crippen LogP contribution is 2.22. The van der Waals surface area contributed by atoms with Crippen molar-refractivity contribution in [2.75, 3.05) is 12.4 Å². The van der Waals surface area contributed by atoms with Crippen LogP contribution in [-0.2, 0) is 9.59 Å². The summed E-state index contributed by atoms with van der Waals surface area (Å²) < 4.78 is 5.06. The van der Waals surface area contributed by atoms with Gasteiger partial charge in [-0.1, -0.05) is 36.4 Å². The second kappa shape index (κ2) is 7.94. The highest BCUT2D eigenvalue weighted by Gasteiger charge is 2.14. The molecule has 6 heteroatoms. The van der Waals surface area contributed by atoms with Gasteiger partial charge in [-0.25, -0.2) is 5.43 Å². The number of nitrogens with zero attached hydrogens (tertiary/aromatic N) is 1. The Hall–Kier alpha value is -3.67. The molecule has 3 aromatic carbocycles. The molecule has 0 spiro atoms. The van der Waals surface area contributed by atoms with Crippen molar-refractivity contribution in [3.63, 3.8) is 0 Å². The smallest absolute Gasteiger partial charge is 0.329 e. The summed E-state index contributed by atoms with van der Waals surface area (Å²) in [6, 6.07) is 20.2. The first-order chi connectivity index (χ1) is 12.7. The molecule has 2 N–H and O–H groups in total. The zero-order chi connectivity index (χ0) is 18.4. The van der Waals surface area contributed by atoms with Crippen LogP contribution in [0.3, 0.4) is 0 Å². The minimum Gasteiger partial charge on any atom is -0.497 e. The molecule has 0 aliphatic heterocycles. The van der Waals surface area contributed by atoms with E-state index in [9.17, 15) is 9.59 Å². The fourth-order valence-corrected chi connectivity index (χ4v) is 2.42. The van der Waals surface area contributed by atoms with Crippen molar-refractivity contribution < 1.29 is 14.3 Å². The van der Waals surface area contributed by atoms with Crippen molar-refractivity contribution in [2.24, 2.45) is 5.10 Å². The number of carbonyl (C=O) groups excluding carboxylic acids is 2. The van der Waals surface area contributed by atoms with Gasteiger partial charge < -0.3 is 10.1 Å². The molecule has 0 bridgehead atoms. The van der Waals surface area contributed by atoms with E-state index in [1.165, 1.54) is 6.21 Å². The van der Waals surface area contributed by atoms with Crippen LogP contribution in [0.5, 0.6) is 5.75 Å². The topological polar surface area (TPSA) is 79.8 Å². The van der Waals surface area contributed by atoms with Gasteiger partial charge in [0.1, 0.15) is 5.75 Å².